The maximum absolute atomic E-state index is 12.9. The number of benzene rings is 4. The van der Waals surface area contributed by atoms with E-state index in [2.05, 4.69) is 5.43 Å². The lowest BCUT2D eigenvalue weighted by Crippen LogP contribution is -2.32. The number of ether oxygens (including phenoxy) is 5. The Morgan fingerprint density at radius 1 is 0.662 bits per heavy atom. The fraction of sp³-hybridized carbons (Fsp3) is 0.458. The van der Waals surface area contributed by atoms with Gasteiger partial charge in [-0.25, -0.2) is 5.84 Å². The van der Waals surface area contributed by atoms with E-state index in [-0.39, 0.29) is 73.3 Å². The van der Waals surface area contributed by atoms with Crippen molar-refractivity contribution in [3.05, 3.63) is 83.6 Å². The molecule has 1 amide bonds. The number of nitrogens with zero attached hydrogens (tertiary/aromatic N) is 2. The van der Waals surface area contributed by atoms with E-state index in [0.29, 0.717) is 98.3 Å². The van der Waals surface area contributed by atoms with Crippen LogP contribution in [0.4, 0.5) is 11.4 Å². The number of carbonyl (C=O) groups excluding carboxylic acids is 1. The molecule has 0 saturated carbocycles. The van der Waals surface area contributed by atoms with Gasteiger partial charge in [0.05, 0.1) is 61.5 Å². The number of rotatable bonds is 27. The largest absolute Gasteiger partial charge is 0.383 e. The van der Waals surface area contributed by atoms with Gasteiger partial charge >= 0.3 is 0 Å². The molecule has 0 aliphatic carbocycles. The molecular formula is C48H63N4O18S4+. The molecule has 26 heteroatoms. The normalized spacial score (nSPS) is 17.6. The van der Waals surface area contributed by atoms with Crippen molar-refractivity contribution in [3.8, 4) is 0 Å². The van der Waals surface area contributed by atoms with Crippen molar-refractivity contribution in [2.75, 3.05) is 85.1 Å². The van der Waals surface area contributed by atoms with Crippen LogP contribution in [-0.2, 0) is 79.8 Å². The van der Waals surface area contributed by atoms with Crippen molar-refractivity contribution in [3.63, 3.8) is 0 Å². The molecule has 6 rings (SSSR count). The molecule has 1 atom stereocenters. The monoisotopic (exact) mass is 1110 g/mol. The number of allylic oxidation sites excluding steroid dienone is 4. The molecule has 22 nitrogen and oxygen atoms in total. The Balaban J connectivity index is 1.52. The Morgan fingerprint density at radius 3 is 1.72 bits per heavy atom. The molecular weight excluding hydrogens is 1050 g/mol. The van der Waals surface area contributed by atoms with Gasteiger partial charge in [-0.05, 0) is 98.8 Å². The summed E-state index contributed by atoms with van der Waals surface area (Å²) in [7, 11) is -17.0. The van der Waals surface area contributed by atoms with Crippen LogP contribution >= 0.6 is 0 Å². The van der Waals surface area contributed by atoms with Crippen LogP contribution in [0.5, 0.6) is 0 Å². The minimum absolute atomic E-state index is 0.00220. The number of hydrogen-bond acceptors (Lipinski definition) is 16. The van der Waals surface area contributed by atoms with Crippen LogP contribution in [0, 0.1) is 0 Å². The zero-order chi connectivity index (χ0) is 54.4. The highest BCUT2D eigenvalue weighted by Gasteiger charge is 2.47. The Labute approximate surface area is 431 Å². The van der Waals surface area contributed by atoms with E-state index in [1.165, 1.54) is 19.2 Å². The first kappa shape index (κ1) is 58.5. The average molecular weight is 1110 g/mol. The topological polar surface area (TPSA) is 325 Å². The van der Waals surface area contributed by atoms with Crippen LogP contribution in [0.15, 0.2) is 92.0 Å². The summed E-state index contributed by atoms with van der Waals surface area (Å²) in [4.78, 5) is 10.9. The van der Waals surface area contributed by atoms with Crippen molar-refractivity contribution < 1.29 is 84.9 Å². The predicted molar refractivity (Wildman–Crippen MR) is 274 cm³/mol. The fourth-order valence-electron chi connectivity index (χ4n) is 9.77. The zero-order valence-corrected chi connectivity index (χ0v) is 44.8. The molecule has 406 valence electrons. The van der Waals surface area contributed by atoms with E-state index in [9.17, 15) is 56.7 Å². The Bertz CT molecular complexity index is 3340. The molecule has 4 aromatic rings. The van der Waals surface area contributed by atoms with Gasteiger partial charge < -0.3 is 28.6 Å². The van der Waals surface area contributed by atoms with Gasteiger partial charge in [0.25, 0.3) is 40.5 Å². The van der Waals surface area contributed by atoms with Crippen LogP contribution in [0.2, 0.25) is 0 Å². The lowest BCUT2D eigenvalue weighted by atomic mass is 9.76. The van der Waals surface area contributed by atoms with Crippen molar-refractivity contribution in [2.24, 2.45) is 5.84 Å². The summed E-state index contributed by atoms with van der Waals surface area (Å²) in [6, 6.07) is 9.90. The Hall–Kier alpha value is -4.78. The number of methoxy groups -OCH3 is 2. The first-order valence-electron chi connectivity index (χ1n) is 23.4. The lowest BCUT2D eigenvalue weighted by molar-refractivity contribution is -0.438. The van der Waals surface area contributed by atoms with Gasteiger partial charge in [-0.2, -0.15) is 38.2 Å². The van der Waals surface area contributed by atoms with Crippen LogP contribution < -0.4 is 16.2 Å². The third-order valence-corrected chi connectivity index (χ3v) is 16.6. The summed E-state index contributed by atoms with van der Waals surface area (Å²) >= 11 is 0. The third-order valence-electron chi connectivity index (χ3n) is 13.2. The van der Waals surface area contributed by atoms with Crippen molar-refractivity contribution >= 4 is 85.0 Å². The molecule has 2 heterocycles. The van der Waals surface area contributed by atoms with Crippen LogP contribution in [0.3, 0.4) is 0 Å². The number of unbranched alkanes of at least 4 members (excludes halogenated alkanes) is 2. The number of amides is 1. The van der Waals surface area contributed by atoms with E-state index < -0.39 is 70.9 Å². The molecule has 0 spiro atoms. The Kier molecular flexibility index (Phi) is 18.7. The van der Waals surface area contributed by atoms with Gasteiger partial charge in [-0.1, -0.05) is 12.1 Å². The summed E-state index contributed by atoms with van der Waals surface area (Å²) in [5.41, 5.74) is 3.23. The number of hydrogen-bond donors (Lipinski definition) is 6. The summed E-state index contributed by atoms with van der Waals surface area (Å²) < 4.78 is 173. The van der Waals surface area contributed by atoms with Gasteiger partial charge in [0.15, 0.2) is 5.71 Å². The minimum atomic E-state index is -5.06. The summed E-state index contributed by atoms with van der Waals surface area (Å²) in [5.74, 6) is 4.95. The first-order valence-corrected chi connectivity index (χ1v) is 29.1. The lowest BCUT2D eigenvalue weighted by Gasteiger charge is -2.31. The number of anilines is 1. The molecule has 0 bridgehead atoms. The number of nitrogens with two attached hydrogens (primary N) is 1. The molecule has 2 aliphatic rings. The smallest absolute Gasteiger partial charge is 0.295 e. The second-order valence-electron chi connectivity index (χ2n) is 18.4. The highest BCUT2D eigenvalue weighted by atomic mass is 32.2. The fourth-order valence-corrected chi connectivity index (χ4v) is 12.5. The van der Waals surface area contributed by atoms with E-state index in [0.717, 1.165) is 12.1 Å². The van der Waals surface area contributed by atoms with E-state index in [1.807, 2.05) is 42.4 Å². The van der Waals surface area contributed by atoms with Gasteiger partial charge in [0, 0.05) is 85.5 Å². The molecule has 0 radical (unpaired) electrons. The molecule has 0 fully saturated rings. The molecule has 1 unspecified atom stereocenters. The maximum atomic E-state index is 12.9. The van der Waals surface area contributed by atoms with E-state index in [1.54, 1.807) is 25.3 Å². The number of carbonyl (C=O) groups is 1. The predicted octanol–water partition coefficient (Wildman–Crippen LogP) is 4.86. The van der Waals surface area contributed by atoms with Crippen molar-refractivity contribution in [1.82, 2.24) is 5.43 Å². The third kappa shape index (κ3) is 12.9. The second kappa shape index (κ2) is 23.6. The Morgan fingerprint density at radius 2 is 1.19 bits per heavy atom. The van der Waals surface area contributed by atoms with Gasteiger partial charge in [0.2, 0.25) is 11.6 Å². The highest BCUT2D eigenvalue weighted by Crippen LogP contribution is 2.54. The highest BCUT2D eigenvalue weighted by molar-refractivity contribution is 7.87. The average Bonchev–Trinajstić information content (AvgIpc) is 3.69. The summed E-state index contributed by atoms with van der Waals surface area (Å²) in [6.07, 6.45) is 7.44. The van der Waals surface area contributed by atoms with Crippen LogP contribution in [-0.4, -0.2) is 148 Å². The number of hydrazine groups is 1. The zero-order valence-electron chi connectivity index (χ0n) is 41.6. The molecule has 74 heavy (non-hydrogen) atoms. The van der Waals surface area contributed by atoms with Gasteiger partial charge in [0.1, 0.15) is 16.3 Å². The first-order chi connectivity index (χ1) is 34.7. The van der Waals surface area contributed by atoms with Crippen molar-refractivity contribution in [2.45, 2.75) is 83.3 Å². The summed E-state index contributed by atoms with van der Waals surface area (Å²) in [6.45, 7) is 8.35. The van der Waals surface area contributed by atoms with Crippen LogP contribution in [0.25, 0.3) is 21.5 Å². The second-order valence-corrected chi connectivity index (χ2v) is 24.0. The van der Waals surface area contributed by atoms with E-state index >= 15 is 0 Å². The van der Waals surface area contributed by atoms with Crippen LogP contribution in [0.1, 0.15) is 64.0 Å². The number of nitrogens with one attached hydrogen (secondary N) is 1. The quantitative estimate of drug-likeness (QED) is 0.0116. The number of fused-ring (bicyclic) bond motifs is 6. The SMILES string of the molecule is COCCOCCOCCOCCC1(C)C(=CC=CC2=[N+](CCCCCC(=O)NN)c3ccc4c(S(=O)(=O)O)cc(S(=O)(=O)O)cc4c3C2(C)C)N(CCOC)c2ccc3c(S(=O)(=O)O)cc(S(=O)(=O)O)cc3c21. The minimum Gasteiger partial charge on any atom is -0.383 e. The van der Waals surface area contributed by atoms with Crippen molar-refractivity contribution in [1.29, 1.82) is 0 Å². The van der Waals surface area contributed by atoms with E-state index in [4.69, 9.17) is 29.5 Å². The van der Waals surface area contributed by atoms with Gasteiger partial charge in [-0.15, -0.1) is 0 Å². The standard InChI is InChI=1S/C48H62N4O18S4/c1-47(2)42(51(18-8-6-7-12-44(53)50-49)38-15-13-34-36(45(38)47)28-32(71(54,55)56)30-40(34)73(60,61)62)10-9-11-43-48(3,17-20-68-24-25-70-27-26-69-23-22-67-5)46-37-29-33(72(57,58)59)31-41(74(63,64)65)35(37)14-16-39(46)52(43)19-21-66-4/h9-11,13-16,28-31H,6-8,12,17-27,49H2,1-5H3,(H4-,50,53,54,55,56,57,58,59,60,61,62,63,64,65)/p+1. The molecule has 0 aromatic heterocycles. The molecule has 2 aliphatic heterocycles. The molecule has 0 saturated heterocycles. The molecule has 4 aromatic carbocycles. The van der Waals surface area contributed by atoms with Gasteiger partial charge in [-0.3, -0.25) is 28.4 Å². The molecule has 7 N–H and O–H groups in total. The maximum Gasteiger partial charge on any atom is 0.295 e. The summed E-state index contributed by atoms with van der Waals surface area (Å²) in [5, 5.41) is 0.226.